The first kappa shape index (κ1) is 18.5. The Hall–Kier alpha value is -2.50. The van der Waals surface area contributed by atoms with Crippen LogP contribution in [0.2, 0.25) is 0 Å². The predicted molar refractivity (Wildman–Crippen MR) is 89.1 cm³/mol. The zero-order valence-corrected chi connectivity index (χ0v) is 14.4. The molecule has 0 unspecified atom stereocenters. The van der Waals surface area contributed by atoms with Crippen LogP contribution in [-0.4, -0.2) is 31.7 Å². The molecular weight excluding hydrogens is 298 g/mol. The number of benzene rings is 1. The van der Waals surface area contributed by atoms with Gasteiger partial charge in [-0.15, -0.1) is 0 Å². The third-order valence-corrected chi connectivity index (χ3v) is 2.65. The fourth-order valence-corrected chi connectivity index (χ4v) is 1.80. The zero-order chi connectivity index (χ0) is 17.6. The summed E-state index contributed by atoms with van der Waals surface area (Å²) in [6.07, 6.45) is 2.45. The number of nitrogens with one attached hydrogen (secondary N) is 1. The van der Waals surface area contributed by atoms with E-state index in [9.17, 15) is 9.59 Å². The van der Waals surface area contributed by atoms with Crippen molar-refractivity contribution in [3.63, 3.8) is 0 Å². The number of anilines is 1. The van der Waals surface area contributed by atoms with Crippen LogP contribution in [0.5, 0.6) is 11.5 Å². The van der Waals surface area contributed by atoms with Gasteiger partial charge in [0.05, 0.1) is 19.9 Å². The second-order valence-corrected chi connectivity index (χ2v) is 5.87. The summed E-state index contributed by atoms with van der Waals surface area (Å²) in [6, 6.07) is 3.38. The molecule has 23 heavy (non-hydrogen) atoms. The minimum absolute atomic E-state index is 0.0820. The van der Waals surface area contributed by atoms with Gasteiger partial charge in [-0.05, 0) is 51.5 Å². The van der Waals surface area contributed by atoms with Gasteiger partial charge >= 0.3 is 6.09 Å². The van der Waals surface area contributed by atoms with E-state index < -0.39 is 11.7 Å². The molecule has 0 heterocycles. The van der Waals surface area contributed by atoms with Crippen molar-refractivity contribution >= 4 is 23.6 Å². The molecule has 0 aliphatic heterocycles. The lowest BCUT2D eigenvalue weighted by atomic mass is 10.1. The highest BCUT2D eigenvalue weighted by Gasteiger charge is 2.19. The number of amides is 1. The lowest BCUT2D eigenvalue weighted by Crippen LogP contribution is -2.27. The molecule has 0 fully saturated rings. The van der Waals surface area contributed by atoms with E-state index in [4.69, 9.17) is 14.2 Å². The van der Waals surface area contributed by atoms with Crippen LogP contribution in [0.15, 0.2) is 18.2 Å². The second kappa shape index (κ2) is 7.67. The molecule has 0 aliphatic carbocycles. The molecule has 0 aliphatic rings. The summed E-state index contributed by atoms with van der Waals surface area (Å²) in [6.45, 7) is 6.78. The highest BCUT2D eigenvalue weighted by molar-refractivity contribution is 5.93. The van der Waals surface area contributed by atoms with Crippen molar-refractivity contribution in [1.29, 1.82) is 0 Å². The second-order valence-electron chi connectivity index (χ2n) is 5.87. The molecule has 1 aromatic rings. The van der Waals surface area contributed by atoms with Gasteiger partial charge < -0.3 is 14.2 Å². The molecule has 0 saturated heterocycles. The minimum Gasteiger partial charge on any atom is -0.493 e. The van der Waals surface area contributed by atoms with Gasteiger partial charge in [0.25, 0.3) is 0 Å². The molecule has 6 heteroatoms. The molecule has 0 saturated carbocycles. The summed E-state index contributed by atoms with van der Waals surface area (Å²) in [4.78, 5) is 23.1. The van der Waals surface area contributed by atoms with E-state index in [2.05, 4.69) is 5.32 Å². The molecule has 126 valence electrons. The van der Waals surface area contributed by atoms with Crippen LogP contribution >= 0.6 is 0 Å². The van der Waals surface area contributed by atoms with E-state index in [1.54, 1.807) is 39.0 Å². The van der Waals surface area contributed by atoms with Crippen LogP contribution in [-0.2, 0) is 9.53 Å². The van der Waals surface area contributed by atoms with Crippen LogP contribution in [0, 0.1) is 0 Å². The molecule has 0 spiro atoms. The van der Waals surface area contributed by atoms with Crippen molar-refractivity contribution in [2.75, 3.05) is 19.5 Å². The topological polar surface area (TPSA) is 73.9 Å². The lowest BCUT2D eigenvalue weighted by molar-refractivity contribution is -0.112. The molecule has 0 atom stereocenters. The van der Waals surface area contributed by atoms with Crippen LogP contribution in [0.4, 0.5) is 10.5 Å². The Morgan fingerprint density at radius 3 is 2.26 bits per heavy atom. The van der Waals surface area contributed by atoms with E-state index in [1.807, 2.05) is 0 Å². The smallest absolute Gasteiger partial charge is 0.412 e. The predicted octanol–water partition coefficient (Wildman–Crippen LogP) is 3.65. The van der Waals surface area contributed by atoms with E-state index in [-0.39, 0.29) is 5.78 Å². The molecule has 0 bridgehead atoms. The monoisotopic (exact) mass is 321 g/mol. The largest absolute Gasteiger partial charge is 0.493 e. The first-order chi connectivity index (χ1) is 10.7. The van der Waals surface area contributed by atoms with Gasteiger partial charge in [-0.2, -0.15) is 0 Å². The molecule has 6 nitrogen and oxygen atoms in total. The van der Waals surface area contributed by atoms with Crippen molar-refractivity contribution in [2.45, 2.75) is 33.3 Å². The average molecular weight is 321 g/mol. The highest BCUT2D eigenvalue weighted by Crippen LogP contribution is 2.37. The maximum Gasteiger partial charge on any atom is 0.412 e. The van der Waals surface area contributed by atoms with Crippen LogP contribution < -0.4 is 14.8 Å². The molecule has 1 N–H and O–H groups in total. The fraction of sp³-hybridized carbons (Fsp3) is 0.412. The lowest BCUT2D eigenvalue weighted by Gasteiger charge is -2.21. The first-order valence-electron chi connectivity index (χ1n) is 7.11. The number of allylic oxidation sites excluding steroid dienone is 1. The maximum absolute atomic E-state index is 12.0. The van der Waals surface area contributed by atoms with Crippen molar-refractivity contribution in [3.05, 3.63) is 23.8 Å². The Labute approximate surface area is 136 Å². The Kier molecular flexibility index (Phi) is 6.18. The van der Waals surface area contributed by atoms with Crippen LogP contribution in [0.1, 0.15) is 33.3 Å². The Bertz CT molecular complexity index is 614. The van der Waals surface area contributed by atoms with Gasteiger partial charge in [0.2, 0.25) is 0 Å². The van der Waals surface area contributed by atoms with Gasteiger partial charge in [0, 0.05) is 0 Å². The molecule has 0 aromatic heterocycles. The van der Waals surface area contributed by atoms with Gasteiger partial charge in [-0.3, -0.25) is 10.1 Å². The number of ketones is 1. The summed E-state index contributed by atoms with van der Waals surface area (Å²) >= 11 is 0. The highest BCUT2D eigenvalue weighted by atomic mass is 16.6. The summed E-state index contributed by atoms with van der Waals surface area (Å²) in [7, 11) is 2.97. The number of methoxy groups -OCH3 is 2. The van der Waals surface area contributed by atoms with Crippen LogP contribution in [0.3, 0.4) is 0 Å². The van der Waals surface area contributed by atoms with Gasteiger partial charge in [0.15, 0.2) is 17.3 Å². The summed E-state index contributed by atoms with van der Waals surface area (Å²) in [5, 5.41) is 2.64. The van der Waals surface area contributed by atoms with Gasteiger partial charge in [-0.25, -0.2) is 4.79 Å². The van der Waals surface area contributed by atoms with Gasteiger partial charge in [-0.1, -0.05) is 6.08 Å². The molecule has 1 rings (SSSR count). The molecular formula is C17H23NO5. The first-order valence-corrected chi connectivity index (χ1v) is 7.11. The molecule has 0 radical (unpaired) electrons. The number of rotatable bonds is 5. The van der Waals surface area contributed by atoms with Crippen molar-refractivity contribution in [1.82, 2.24) is 0 Å². The number of carbonyl (C=O) groups is 2. The summed E-state index contributed by atoms with van der Waals surface area (Å²) in [5.41, 5.74) is 0.460. The van der Waals surface area contributed by atoms with Crippen molar-refractivity contribution < 1.29 is 23.8 Å². The fourth-order valence-electron chi connectivity index (χ4n) is 1.80. The third kappa shape index (κ3) is 6.02. The van der Waals surface area contributed by atoms with E-state index in [0.717, 1.165) is 0 Å². The molecule has 1 amide bonds. The SMILES string of the molecule is COc1cc(/C=C/C(C)=O)cc(NC(=O)OC(C)(C)C)c1OC. The maximum atomic E-state index is 12.0. The normalized spacial score (nSPS) is 11.2. The standard InChI is InChI=1S/C17H23NO5/c1-11(19)7-8-12-9-13(15(22-6)14(10-12)21-5)18-16(20)23-17(2,3)4/h7-10H,1-6H3,(H,18,20)/b8-7+. The van der Waals surface area contributed by atoms with Crippen LogP contribution in [0.25, 0.3) is 6.08 Å². The minimum atomic E-state index is -0.618. The van der Waals surface area contributed by atoms with Crippen molar-refractivity contribution in [3.8, 4) is 11.5 Å². The number of carbonyl (C=O) groups excluding carboxylic acids is 2. The summed E-state index contributed by atoms with van der Waals surface area (Å²) in [5.74, 6) is 0.726. The van der Waals surface area contributed by atoms with Gasteiger partial charge in [0.1, 0.15) is 5.60 Å². The number of ether oxygens (including phenoxy) is 3. The van der Waals surface area contributed by atoms with E-state index in [0.29, 0.717) is 22.7 Å². The Balaban J connectivity index is 3.19. The van der Waals surface area contributed by atoms with E-state index >= 15 is 0 Å². The number of hydrogen-bond acceptors (Lipinski definition) is 5. The van der Waals surface area contributed by atoms with E-state index in [1.165, 1.54) is 27.2 Å². The Morgan fingerprint density at radius 2 is 1.78 bits per heavy atom. The molecule has 1 aromatic carbocycles. The number of hydrogen-bond donors (Lipinski definition) is 1. The Morgan fingerprint density at radius 1 is 1.13 bits per heavy atom. The average Bonchev–Trinajstić information content (AvgIpc) is 2.42. The van der Waals surface area contributed by atoms with Crippen molar-refractivity contribution in [2.24, 2.45) is 0 Å². The summed E-state index contributed by atoms with van der Waals surface area (Å²) < 4.78 is 15.8. The quantitative estimate of drug-likeness (QED) is 0.838. The third-order valence-electron chi connectivity index (χ3n) is 2.65. The zero-order valence-electron chi connectivity index (χ0n) is 14.4.